The molecular formula is H3N4P. The van der Waals surface area contributed by atoms with E-state index in [-0.39, 0.29) is 8.52 Å². The summed E-state index contributed by atoms with van der Waals surface area (Å²) in [7, 11) is 0.275. The molecule has 4 nitrogen and oxygen atoms in total. The van der Waals surface area contributed by atoms with Crippen LogP contribution in [0.2, 0.25) is 0 Å². The summed E-state index contributed by atoms with van der Waals surface area (Å²) >= 11 is 0. The Hall–Kier alpha value is -0.340. The van der Waals surface area contributed by atoms with Crippen LogP contribution in [0.4, 0.5) is 0 Å². The molecule has 0 spiro atoms. The third-order valence-electron chi connectivity index (χ3n) is 0.0964. The number of nitrogens with one attached hydrogen (secondary N) is 1. The molecule has 0 atom stereocenters. The van der Waals surface area contributed by atoms with Gasteiger partial charge in [-0.1, -0.05) is 0 Å². The Morgan fingerprint density at radius 2 is 2.40 bits per heavy atom. The van der Waals surface area contributed by atoms with Crippen LogP contribution in [0.5, 0.6) is 0 Å². The highest BCUT2D eigenvalue weighted by Crippen LogP contribution is 1.91. The van der Waals surface area contributed by atoms with E-state index in [4.69, 9.17) is 5.53 Å². The Morgan fingerprint density at radius 3 is 2.40 bits per heavy atom. The Balaban J connectivity index is 2.92. The second-order valence-electron chi connectivity index (χ2n) is 0.305. The first kappa shape index (κ1) is 4.66. The van der Waals surface area contributed by atoms with Crippen LogP contribution >= 0.6 is 8.52 Å². The lowest BCUT2D eigenvalue weighted by atomic mass is 13.0. The number of nitrogens with zero attached hydrogens (tertiary/aromatic N) is 2. The van der Waals surface area contributed by atoms with Crippen LogP contribution in [-0.4, -0.2) is 0 Å². The molecule has 0 aliphatic heterocycles. The Labute approximate surface area is 30.8 Å². The van der Waals surface area contributed by atoms with Crippen LogP contribution < -0.4 is 5.84 Å². The molecule has 0 rings (SSSR count). The van der Waals surface area contributed by atoms with Gasteiger partial charge in [-0.05, 0) is 0 Å². The van der Waals surface area contributed by atoms with E-state index in [1.807, 2.05) is 0 Å². The molecule has 0 fully saturated rings. The van der Waals surface area contributed by atoms with Crippen LogP contribution in [0.15, 0.2) is 9.74 Å². The molecule has 28 valence electrons. The molecule has 5 heavy (non-hydrogen) atoms. The second kappa shape index (κ2) is 3.66. The normalized spacial score (nSPS) is 9.00. The van der Waals surface area contributed by atoms with Gasteiger partial charge in [0.2, 0.25) is 0 Å². The van der Waals surface area contributed by atoms with Crippen molar-refractivity contribution in [3.8, 4) is 0 Å². The summed E-state index contributed by atoms with van der Waals surface area (Å²) in [5, 5.41) is 0. The molecule has 5 heteroatoms. The van der Waals surface area contributed by atoms with Crippen molar-refractivity contribution in [2.24, 2.45) is 15.6 Å². The summed E-state index contributed by atoms with van der Waals surface area (Å²) in [6.07, 6.45) is 0. The Morgan fingerprint density at radius 1 is 1.80 bits per heavy atom. The van der Waals surface area contributed by atoms with Crippen LogP contribution in [-0.2, 0) is 0 Å². The molecule has 0 aliphatic carbocycles. The molecule has 0 aliphatic rings. The number of hydrogen-bond donors (Lipinski definition) is 2. The van der Waals surface area contributed by atoms with Gasteiger partial charge in [-0.15, -0.1) is 4.88 Å². The summed E-state index contributed by atoms with van der Waals surface area (Å²) in [4.78, 5) is 5.76. The predicted octanol–water partition coefficient (Wildman–Crippen LogP) is 0.936. The molecule has 0 aromatic heterocycles. The maximum atomic E-state index is 6.04. The average molecular weight is 90.0 g/mol. The first-order chi connectivity index (χ1) is 2.41. The standard InChI is InChI=1S/H3N4P/c1-3-5-4-2/h1H,2H2. The van der Waals surface area contributed by atoms with Crippen molar-refractivity contribution in [3.05, 3.63) is 0 Å². The maximum absolute atomic E-state index is 6.04. The largest absolute Gasteiger partial charge is 0.222 e. The molecule has 0 radical (unpaired) electrons. The molecule has 0 saturated heterocycles. The summed E-state index contributed by atoms with van der Waals surface area (Å²) in [6.45, 7) is 0. The second-order valence-corrected chi connectivity index (χ2v) is 0.915. The Bertz CT molecular complexity index is 45.6. The van der Waals surface area contributed by atoms with E-state index in [1.165, 1.54) is 0 Å². The van der Waals surface area contributed by atoms with Crippen LogP contribution in [0.3, 0.4) is 0 Å². The zero-order valence-electron chi connectivity index (χ0n) is 2.42. The van der Waals surface area contributed by atoms with Gasteiger partial charge in [-0.3, -0.25) is 0 Å². The lowest BCUT2D eigenvalue weighted by Crippen LogP contribution is -1.65. The fraction of sp³-hybridized carbons (Fsp3) is 0. The SMILES string of the molecule is N=N/P=N/N. The summed E-state index contributed by atoms with van der Waals surface area (Å²) in [5.41, 5.74) is 6.04. The van der Waals surface area contributed by atoms with Crippen molar-refractivity contribution >= 4 is 8.52 Å². The molecule has 0 amide bonds. The first-order valence-electron chi connectivity index (χ1n) is 0.882. The number of rotatable bonds is 1. The van der Waals surface area contributed by atoms with E-state index in [2.05, 4.69) is 15.6 Å². The van der Waals surface area contributed by atoms with Gasteiger partial charge in [0.15, 0.2) is 8.52 Å². The number of hydrogen-bond acceptors (Lipinski definition) is 2. The molecule has 0 heterocycles. The molecule has 0 aromatic carbocycles. The van der Waals surface area contributed by atoms with Gasteiger partial charge < -0.3 is 0 Å². The van der Waals surface area contributed by atoms with Crippen LogP contribution in [0.1, 0.15) is 0 Å². The predicted molar refractivity (Wildman–Crippen MR) is 18.7 cm³/mol. The number of nitrogens with two attached hydrogens (primary N) is 1. The van der Waals surface area contributed by atoms with Gasteiger partial charge in [-0.2, -0.15) is 10.4 Å². The van der Waals surface area contributed by atoms with Crippen molar-refractivity contribution in [1.29, 1.82) is 5.53 Å². The van der Waals surface area contributed by atoms with Crippen molar-refractivity contribution in [1.82, 2.24) is 0 Å². The van der Waals surface area contributed by atoms with E-state index in [0.29, 0.717) is 0 Å². The average Bonchev–Trinajstić information content (AvgIpc) is 1.41. The summed E-state index contributed by atoms with van der Waals surface area (Å²) in [5.74, 6) is 4.54. The monoisotopic (exact) mass is 90.0 g/mol. The highest BCUT2D eigenvalue weighted by Gasteiger charge is 1.46. The zero-order chi connectivity index (χ0) is 4.12. The van der Waals surface area contributed by atoms with E-state index in [0.717, 1.165) is 0 Å². The molecule has 0 aromatic rings. The van der Waals surface area contributed by atoms with Crippen molar-refractivity contribution < 1.29 is 0 Å². The smallest absolute Gasteiger partial charge is 0.191 e. The molecular weight excluding hydrogens is 87.0 g/mol. The third kappa shape index (κ3) is 3.66. The quantitative estimate of drug-likeness (QED) is 0.214. The van der Waals surface area contributed by atoms with Crippen molar-refractivity contribution in [3.63, 3.8) is 0 Å². The van der Waals surface area contributed by atoms with E-state index < -0.39 is 0 Å². The van der Waals surface area contributed by atoms with Gasteiger partial charge in [0, 0.05) is 0 Å². The first-order valence-corrected chi connectivity index (χ1v) is 1.68. The molecule has 0 saturated carbocycles. The van der Waals surface area contributed by atoms with Gasteiger partial charge in [0.1, 0.15) is 0 Å². The minimum Gasteiger partial charge on any atom is -0.222 e. The lowest BCUT2D eigenvalue weighted by molar-refractivity contribution is 1.22. The lowest BCUT2D eigenvalue weighted by Gasteiger charge is -1.55. The van der Waals surface area contributed by atoms with Crippen LogP contribution in [0, 0.1) is 5.53 Å². The van der Waals surface area contributed by atoms with Gasteiger partial charge in [0.25, 0.3) is 0 Å². The van der Waals surface area contributed by atoms with Gasteiger partial charge in [0.05, 0.1) is 0 Å². The Kier molecular flexibility index (Phi) is 3.41. The topological polar surface area (TPSA) is 74.6 Å². The highest BCUT2D eigenvalue weighted by molar-refractivity contribution is 7.24. The maximum Gasteiger partial charge on any atom is 0.191 e. The van der Waals surface area contributed by atoms with E-state index >= 15 is 0 Å². The molecule has 0 unspecified atom stereocenters. The van der Waals surface area contributed by atoms with E-state index in [1.54, 1.807) is 0 Å². The zero-order valence-corrected chi connectivity index (χ0v) is 3.31. The van der Waals surface area contributed by atoms with Gasteiger partial charge >= 0.3 is 0 Å². The van der Waals surface area contributed by atoms with Crippen molar-refractivity contribution in [2.75, 3.05) is 0 Å². The highest BCUT2D eigenvalue weighted by atomic mass is 31.1. The molecule has 0 bridgehead atoms. The fourth-order valence-electron chi connectivity index (χ4n) is 0.0258. The minimum atomic E-state index is 0.275. The molecule has 3 N–H and O–H groups in total. The third-order valence-corrected chi connectivity index (χ3v) is 0.289. The van der Waals surface area contributed by atoms with Crippen LogP contribution in [0.25, 0.3) is 0 Å². The minimum absolute atomic E-state index is 0.275. The van der Waals surface area contributed by atoms with E-state index in [9.17, 15) is 0 Å². The summed E-state index contributed by atoms with van der Waals surface area (Å²) in [6, 6.07) is 0. The van der Waals surface area contributed by atoms with Crippen molar-refractivity contribution in [2.45, 2.75) is 0 Å². The fourth-order valence-corrected chi connectivity index (χ4v) is 0.0775. The van der Waals surface area contributed by atoms with Gasteiger partial charge in [-0.25, -0.2) is 5.84 Å². The summed E-state index contributed by atoms with van der Waals surface area (Å²) < 4.78 is 0.